The summed E-state index contributed by atoms with van der Waals surface area (Å²) >= 11 is 0. The van der Waals surface area contributed by atoms with Gasteiger partial charge in [-0.1, -0.05) is 39.8 Å². The number of urea groups is 1. The fraction of sp³-hybridized carbons (Fsp3) is 0.630. The average molecular weight is 942 g/mol. The minimum atomic E-state index is -1.23. The van der Waals surface area contributed by atoms with E-state index in [2.05, 4.69) is 26.2 Å². The first kappa shape index (κ1) is 55.4. The topological polar surface area (TPSA) is 268 Å². The number of nitrogens with two attached hydrogens (primary N) is 1. The molecule has 2 aliphatic heterocycles. The number of imide groups is 1. The van der Waals surface area contributed by atoms with E-state index in [1.807, 2.05) is 27.8 Å². The number of nitrogens with one attached hydrogen (secondary N) is 4. The predicted octanol–water partition coefficient (Wildman–Crippen LogP) is 1.57. The summed E-state index contributed by atoms with van der Waals surface area (Å²) in [6, 6.07) is 4.64. The molecule has 0 spiro atoms. The smallest absolute Gasteiger partial charge is 0.410 e. The summed E-state index contributed by atoms with van der Waals surface area (Å²) in [4.78, 5) is 120. The molecule has 6 N–H and O–H groups in total. The van der Waals surface area contributed by atoms with E-state index >= 15 is 0 Å². The van der Waals surface area contributed by atoms with E-state index in [4.69, 9.17) is 19.9 Å². The molecule has 1 unspecified atom stereocenters. The van der Waals surface area contributed by atoms with Crippen molar-refractivity contribution < 1.29 is 57.4 Å². The highest BCUT2D eigenvalue weighted by Gasteiger charge is 2.34. The molecule has 1 aromatic carbocycles. The fourth-order valence-corrected chi connectivity index (χ4v) is 7.06. The second-order valence-corrected chi connectivity index (χ2v) is 17.4. The zero-order valence-electron chi connectivity index (χ0n) is 40.0. The fourth-order valence-electron chi connectivity index (χ4n) is 7.06. The van der Waals surface area contributed by atoms with E-state index in [9.17, 15) is 43.2 Å². The molecular weight excluding hydrogens is 871 g/mol. The molecule has 2 aliphatic rings. The maximum Gasteiger partial charge on any atom is 0.410 e. The van der Waals surface area contributed by atoms with E-state index in [1.54, 1.807) is 50.1 Å². The van der Waals surface area contributed by atoms with Gasteiger partial charge in [0.1, 0.15) is 0 Å². The number of primary amides is 1. The number of amides is 9. The number of likely N-dealkylation sites (N-methyl/N-ethyl adjacent to an activating group) is 1. The maximum absolute atomic E-state index is 13.9. The third kappa shape index (κ3) is 19.1. The molecule has 9 amide bonds. The van der Waals surface area contributed by atoms with Gasteiger partial charge in [0.15, 0.2) is 5.78 Å². The Kier molecular flexibility index (Phi) is 23.4. The Bertz CT molecular complexity index is 1870. The first-order chi connectivity index (χ1) is 31.8. The number of ketones is 1. The van der Waals surface area contributed by atoms with Gasteiger partial charge in [0.2, 0.25) is 23.8 Å². The lowest BCUT2D eigenvalue weighted by atomic mass is 9.89. The largest absolute Gasteiger partial charge is 0.431 e. The zero-order chi connectivity index (χ0) is 49.6. The zero-order valence-corrected chi connectivity index (χ0v) is 40.0. The lowest BCUT2D eigenvalue weighted by Crippen LogP contribution is -2.49. The van der Waals surface area contributed by atoms with Crippen molar-refractivity contribution in [3.8, 4) is 0 Å². The highest BCUT2D eigenvalue weighted by Crippen LogP contribution is 2.26. The van der Waals surface area contributed by atoms with E-state index in [1.165, 1.54) is 4.90 Å². The molecule has 2 heterocycles. The summed E-state index contributed by atoms with van der Waals surface area (Å²) in [7, 11) is 3.60. The minimum Gasteiger partial charge on any atom is -0.431 e. The quantitative estimate of drug-likeness (QED) is 0.0591. The van der Waals surface area contributed by atoms with Gasteiger partial charge in [0, 0.05) is 107 Å². The van der Waals surface area contributed by atoms with Crippen LogP contribution in [0.1, 0.15) is 78.4 Å². The molecule has 372 valence electrons. The van der Waals surface area contributed by atoms with Crippen LogP contribution in [-0.4, -0.2) is 171 Å². The van der Waals surface area contributed by atoms with Crippen LogP contribution in [0, 0.1) is 17.8 Å². The van der Waals surface area contributed by atoms with E-state index < -0.39 is 53.8 Å². The monoisotopic (exact) mass is 942 g/mol. The molecule has 0 radical (unpaired) electrons. The molecule has 21 nitrogen and oxygen atoms in total. The number of benzene rings is 1. The first-order valence-corrected chi connectivity index (χ1v) is 22.9. The Hall–Kier alpha value is -5.93. The van der Waals surface area contributed by atoms with Crippen LogP contribution in [-0.2, 0) is 47.8 Å². The van der Waals surface area contributed by atoms with E-state index in [0.717, 1.165) is 17.1 Å². The second-order valence-electron chi connectivity index (χ2n) is 17.4. The van der Waals surface area contributed by atoms with Gasteiger partial charge in [-0.3, -0.25) is 38.5 Å². The molecule has 1 fully saturated rings. The van der Waals surface area contributed by atoms with Gasteiger partial charge in [0.05, 0.1) is 32.5 Å². The standard InChI is InChI=1S/C46H71N9O12/c1-30(2)32(5)53(7)46(64)67-42(44(62)54-23-21-52(6)22-24-54)33-10-12-35(13-11-33)50-43(61)34(9-8-18-49-45(47)63)29-36(56)41(31(3)4)51-38(58)17-25-65-27-28-66-26-19-48-37(57)16-20-55-39(59)14-15-40(55)60/h10-15,30-32,34,41-42H,8-9,16-29H2,1-7H3,(H,48,57)(H,50,61)(H,51,58)(H3,47,49,63)/t32-,34-,41+,42?/m1/s1. The number of anilines is 1. The maximum atomic E-state index is 13.9. The van der Waals surface area contributed by atoms with Crippen molar-refractivity contribution in [3.05, 3.63) is 42.0 Å². The van der Waals surface area contributed by atoms with Crippen molar-refractivity contribution >= 4 is 59.0 Å². The third-order valence-corrected chi connectivity index (χ3v) is 11.7. The Morgan fingerprint density at radius 2 is 1.40 bits per heavy atom. The van der Waals surface area contributed by atoms with Crippen molar-refractivity contribution in [2.75, 3.05) is 91.7 Å². The Morgan fingerprint density at radius 1 is 0.776 bits per heavy atom. The highest BCUT2D eigenvalue weighted by atomic mass is 16.6. The van der Waals surface area contributed by atoms with Crippen LogP contribution in [0.4, 0.5) is 15.3 Å². The number of piperazine rings is 1. The third-order valence-electron chi connectivity index (χ3n) is 11.7. The van der Waals surface area contributed by atoms with Crippen molar-refractivity contribution in [2.24, 2.45) is 23.5 Å². The number of carbonyl (C=O) groups is 9. The van der Waals surface area contributed by atoms with Crippen LogP contribution in [0.2, 0.25) is 0 Å². The van der Waals surface area contributed by atoms with Crippen molar-refractivity contribution in [1.82, 2.24) is 35.6 Å². The Balaban J connectivity index is 1.54. The summed E-state index contributed by atoms with van der Waals surface area (Å²) in [5.74, 6) is -3.86. The SMILES string of the molecule is CC(C)[C@H](NC(=O)CCOCCOCCNC(=O)CCN1C(=O)C=CC1=O)C(=O)C[C@@H](CCCNC(N)=O)C(=O)Nc1ccc(C(OC(=O)N(C)[C@H](C)C(C)C)C(=O)N2CCN(C)CC2)cc1. The summed E-state index contributed by atoms with van der Waals surface area (Å²) in [6.07, 6.45) is 0.692. The molecule has 1 saturated heterocycles. The number of rotatable bonds is 28. The van der Waals surface area contributed by atoms with Gasteiger partial charge < -0.3 is 55.9 Å². The average Bonchev–Trinajstić information content (AvgIpc) is 3.61. The second kappa shape index (κ2) is 28.3. The summed E-state index contributed by atoms with van der Waals surface area (Å²) in [5.41, 5.74) is 6.02. The van der Waals surface area contributed by atoms with Gasteiger partial charge in [-0.25, -0.2) is 9.59 Å². The van der Waals surface area contributed by atoms with Gasteiger partial charge in [-0.2, -0.15) is 0 Å². The van der Waals surface area contributed by atoms with Gasteiger partial charge in [-0.05, 0) is 50.8 Å². The lowest BCUT2D eigenvalue weighted by molar-refractivity contribution is -0.143. The van der Waals surface area contributed by atoms with E-state index in [-0.39, 0.29) is 107 Å². The lowest BCUT2D eigenvalue weighted by Gasteiger charge is -2.35. The molecule has 1 aromatic rings. The number of carbonyl (C=O) groups excluding carboxylic acids is 9. The molecule has 67 heavy (non-hydrogen) atoms. The van der Waals surface area contributed by atoms with Crippen LogP contribution in [0.3, 0.4) is 0 Å². The highest BCUT2D eigenvalue weighted by molar-refractivity contribution is 6.13. The number of nitrogens with zero attached hydrogens (tertiary/aromatic N) is 4. The summed E-state index contributed by atoms with van der Waals surface area (Å²) in [6.45, 7) is 12.7. The predicted molar refractivity (Wildman–Crippen MR) is 247 cm³/mol. The molecule has 4 atom stereocenters. The number of Topliss-reactive ketones (excluding diaryl/α,β-unsaturated/α-hetero) is 1. The van der Waals surface area contributed by atoms with Crippen LogP contribution >= 0.6 is 0 Å². The summed E-state index contributed by atoms with van der Waals surface area (Å²) in [5, 5.41) is 10.8. The Morgan fingerprint density at radius 3 is 2.00 bits per heavy atom. The number of hydrogen-bond donors (Lipinski definition) is 5. The molecule has 0 aromatic heterocycles. The molecule has 3 rings (SSSR count). The first-order valence-electron chi connectivity index (χ1n) is 22.9. The number of ether oxygens (including phenoxy) is 3. The van der Waals surface area contributed by atoms with Crippen molar-refractivity contribution in [2.45, 2.75) is 84.9 Å². The molecule has 21 heteroatoms. The van der Waals surface area contributed by atoms with Gasteiger partial charge in [-0.15, -0.1) is 0 Å². The van der Waals surface area contributed by atoms with Crippen molar-refractivity contribution in [3.63, 3.8) is 0 Å². The van der Waals surface area contributed by atoms with Crippen molar-refractivity contribution in [1.29, 1.82) is 0 Å². The number of hydrogen-bond acceptors (Lipinski definition) is 13. The van der Waals surface area contributed by atoms with Gasteiger partial charge in [0.25, 0.3) is 17.7 Å². The van der Waals surface area contributed by atoms with Crippen LogP contribution in [0.15, 0.2) is 36.4 Å². The van der Waals surface area contributed by atoms with Crippen LogP contribution in [0.5, 0.6) is 0 Å². The summed E-state index contributed by atoms with van der Waals surface area (Å²) < 4.78 is 16.8. The molecular formula is C46H71N9O12. The van der Waals surface area contributed by atoms with Gasteiger partial charge >= 0.3 is 12.1 Å². The van der Waals surface area contributed by atoms with Crippen LogP contribution < -0.4 is 27.0 Å². The molecule has 0 bridgehead atoms. The van der Waals surface area contributed by atoms with E-state index in [0.29, 0.717) is 43.9 Å². The molecule has 0 saturated carbocycles. The molecule has 0 aliphatic carbocycles. The van der Waals surface area contributed by atoms with Crippen LogP contribution in [0.25, 0.3) is 0 Å². The normalized spacial score (nSPS) is 15.8. The Labute approximate surface area is 393 Å². The minimum absolute atomic E-state index is 0.0125.